The minimum absolute atomic E-state index is 0.104. The maximum absolute atomic E-state index is 12.7. The van der Waals surface area contributed by atoms with Crippen LogP contribution < -0.4 is 4.74 Å². The van der Waals surface area contributed by atoms with Gasteiger partial charge in [0.15, 0.2) is 10.6 Å². The lowest BCUT2D eigenvalue weighted by Crippen LogP contribution is -2.36. The second-order valence-corrected chi connectivity index (χ2v) is 7.04. The monoisotopic (exact) mass is 398 g/mol. The SMILES string of the molecule is CCOc1ccc(-c2n[nH]c(=S)n2CCC(=O)N2CCc3[nH]ncc3C2)cc1. The van der Waals surface area contributed by atoms with Crippen molar-refractivity contribution in [3.05, 3.63) is 46.5 Å². The number of aromatic nitrogens is 5. The van der Waals surface area contributed by atoms with Crippen molar-refractivity contribution in [3.63, 3.8) is 0 Å². The van der Waals surface area contributed by atoms with E-state index in [0.717, 1.165) is 34.8 Å². The zero-order valence-electron chi connectivity index (χ0n) is 15.6. The average molecular weight is 398 g/mol. The van der Waals surface area contributed by atoms with Crippen LogP contribution in [0.2, 0.25) is 0 Å². The quantitative estimate of drug-likeness (QED) is 0.623. The van der Waals surface area contributed by atoms with Crippen LogP contribution in [0, 0.1) is 4.77 Å². The number of hydrogen-bond acceptors (Lipinski definition) is 5. The molecule has 8 nitrogen and oxygen atoms in total. The van der Waals surface area contributed by atoms with Gasteiger partial charge >= 0.3 is 0 Å². The Bertz CT molecular complexity index is 1020. The first-order chi connectivity index (χ1) is 13.7. The minimum atomic E-state index is 0.104. The largest absolute Gasteiger partial charge is 0.494 e. The molecule has 1 aromatic carbocycles. The number of aromatic amines is 2. The summed E-state index contributed by atoms with van der Waals surface area (Å²) in [6.07, 6.45) is 2.97. The minimum Gasteiger partial charge on any atom is -0.494 e. The molecule has 1 aliphatic heterocycles. The Hall–Kier alpha value is -2.94. The van der Waals surface area contributed by atoms with E-state index in [-0.39, 0.29) is 5.91 Å². The smallest absolute Gasteiger partial charge is 0.224 e. The topological polar surface area (TPSA) is 91.8 Å². The summed E-state index contributed by atoms with van der Waals surface area (Å²) in [4.78, 5) is 14.6. The molecule has 9 heteroatoms. The van der Waals surface area contributed by atoms with Crippen molar-refractivity contribution in [2.45, 2.75) is 32.9 Å². The number of fused-ring (bicyclic) bond motifs is 1. The summed E-state index contributed by atoms with van der Waals surface area (Å²) in [5.41, 5.74) is 3.14. The Labute approximate surface area is 167 Å². The van der Waals surface area contributed by atoms with Gasteiger partial charge in [0.1, 0.15) is 5.75 Å². The van der Waals surface area contributed by atoms with Gasteiger partial charge in [-0.15, -0.1) is 0 Å². The summed E-state index contributed by atoms with van der Waals surface area (Å²) in [5, 5.41) is 14.2. The van der Waals surface area contributed by atoms with E-state index in [0.29, 0.717) is 37.4 Å². The normalized spacial score (nSPS) is 13.4. The van der Waals surface area contributed by atoms with E-state index in [1.807, 2.05) is 40.7 Å². The lowest BCUT2D eigenvalue weighted by atomic mass is 10.1. The second-order valence-electron chi connectivity index (χ2n) is 6.65. The molecule has 28 heavy (non-hydrogen) atoms. The number of nitrogens with zero attached hydrogens (tertiary/aromatic N) is 4. The number of carbonyl (C=O) groups excluding carboxylic acids is 1. The van der Waals surface area contributed by atoms with Crippen LogP contribution >= 0.6 is 12.2 Å². The second kappa shape index (κ2) is 7.97. The molecular weight excluding hydrogens is 376 g/mol. The van der Waals surface area contributed by atoms with Crippen LogP contribution in [-0.2, 0) is 24.3 Å². The van der Waals surface area contributed by atoms with Crippen molar-refractivity contribution in [2.75, 3.05) is 13.2 Å². The molecule has 0 fully saturated rings. The van der Waals surface area contributed by atoms with Crippen LogP contribution in [0.5, 0.6) is 5.75 Å². The van der Waals surface area contributed by atoms with Crippen LogP contribution in [0.1, 0.15) is 24.6 Å². The van der Waals surface area contributed by atoms with Crippen LogP contribution in [0.15, 0.2) is 30.5 Å². The third kappa shape index (κ3) is 3.70. The van der Waals surface area contributed by atoms with Gasteiger partial charge in [0.2, 0.25) is 5.91 Å². The highest BCUT2D eigenvalue weighted by atomic mass is 32.1. The van der Waals surface area contributed by atoms with Gasteiger partial charge in [-0.05, 0) is 43.4 Å². The number of H-pyrrole nitrogens is 2. The van der Waals surface area contributed by atoms with Crippen LogP contribution in [0.25, 0.3) is 11.4 Å². The fraction of sp³-hybridized carbons (Fsp3) is 0.368. The van der Waals surface area contributed by atoms with Crippen molar-refractivity contribution in [1.82, 2.24) is 29.9 Å². The van der Waals surface area contributed by atoms with Gasteiger partial charge in [-0.3, -0.25) is 19.6 Å². The van der Waals surface area contributed by atoms with Crippen molar-refractivity contribution in [1.29, 1.82) is 0 Å². The average Bonchev–Trinajstić information content (AvgIpc) is 3.33. The number of carbonyl (C=O) groups is 1. The zero-order chi connectivity index (χ0) is 19.5. The highest BCUT2D eigenvalue weighted by Gasteiger charge is 2.22. The molecule has 0 aliphatic carbocycles. The highest BCUT2D eigenvalue weighted by Crippen LogP contribution is 2.22. The van der Waals surface area contributed by atoms with Crippen LogP contribution in [0.3, 0.4) is 0 Å². The van der Waals surface area contributed by atoms with Gasteiger partial charge in [0.05, 0.1) is 12.8 Å². The summed E-state index contributed by atoms with van der Waals surface area (Å²) in [7, 11) is 0. The number of rotatable bonds is 6. The molecule has 1 amide bonds. The Morgan fingerprint density at radius 2 is 2.11 bits per heavy atom. The van der Waals surface area contributed by atoms with Gasteiger partial charge in [0, 0.05) is 49.3 Å². The molecule has 0 saturated heterocycles. The van der Waals surface area contributed by atoms with E-state index in [2.05, 4.69) is 20.4 Å². The number of hydrogen-bond donors (Lipinski definition) is 2. The van der Waals surface area contributed by atoms with Crippen LogP contribution in [-0.4, -0.2) is 48.9 Å². The molecule has 0 spiro atoms. The van der Waals surface area contributed by atoms with E-state index < -0.39 is 0 Å². The number of ether oxygens (including phenoxy) is 1. The lowest BCUT2D eigenvalue weighted by molar-refractivity contribution is -0.132. The third-order valence-corrected chi connectivity index (χ3v) is 5.20. The standard InChI is InChI=1S/C19H22N6O2S/c1-2-27-15-5-3-13(4-6-15)18-22-23-19(28)25(18)10-8-17(26)24-9-7-16-14(12-24)11-20-21-16/h3-6,11H,2,7-10,12H2,1H3,(H,20,21)(H,23,28). The molecule has 0 bridgehead atoms. The first kappa shape index (κ1) is 18.4. The molecule has 1 aliphatic rings. The maximum Gasteiger partial charge on any atom is 0.224 e. The number of benzene rings is 1. The zero-order valence-corrected chi connectivity index (χ0v) is 16.5. The molecule has 0 unspecified atom stereocenters. The van der Waals surface area contributed by atoms with Crippen LogP contribution in [0.4, 0.5) is 0 Å². The van der Waals surface area contributed by atoms with E-state index in [9.17, 15) is 4.79 Å². The molecule has 2 N–H and O–H groups in total. The lowest BCUT2D eigenvalue weighted by Gasteiger charge is -2.26. The summed E-state index contributed by atoms with van der Waals surface area (Å²) >= 11 is 5.37. The molecule has 4 rings (SSSR count). The Balaban J connectivity index is 1.45. The fourth-order valence-corrected chi connectivity index (χ4v) is 3.64. The van der Waals surface area contributed by atoms with Gasteiger partial charge in [0.25, 0.3) is 0 Å². The molecular formula is C19H22N6O2S. The molecule has 0 atom stereocenters. The molecule has 3 aromatic rings. The van der Waals surface area contributed by atoms with Gasteiger partial charge in [-0.25, -0.2) is 0 Å². The van der Waals surface area contributed by atoms with E-state index in [4.69, 9.17) is 17.0 Å². The number of amides is 1. The van der Waals surface area contributed by atoms with E-state index in [1.54, 1.807) is 6.20 Å². The molecule has 0 radical (unpaired) electrons. The first-order valence-corrected chi connectivity index (χ1v) is 9.74. The predicted molar refractivity (Wildman–Crippen MR) is 106 cm³/mol. The first-order valence-electron chi connectivity index (χ1n) is 9.33. The van der Waals surface area contributed by atoms with E-state index >= 15 is 0 Å². The van der Waals surface area contributed by atoms with Crippen molar-refractivity contribution in [2.24, 2.45) is 0 Å². The van der Waals surface area contributed by atoms with Gasteiger partial charge in [-0.1, -0.05) is 0 Å². The summed E-state index contributed by atoms with van der Waals surface area (Å²) in [5.74, 6) is 1.63. The molecule has 3 heterocycles. The Kier molecular flexibility index (Phi) is 5.25. The molecule has 0 saturated carbocycles. The van der Waals surface area contributed by atoms with Crippen molar-refractivity contribution in [3.8, 4) is 17.1 Å². The third-order valence-electron chi connectivity index (χ3n) is 4.88. The van der Waals surface area contributed by atoms with Gasteiger partial charge < -0.3 is 9.64 Å². The maximum atomic E-state index is 12.7. The summed E-state index contributed by atoms with van der Waals surface area (Å²) in [6.45, 7) is 4.36. The fourth-order valence-electron chi connectivity index (χ4n) is 3.41. The molecule has 2 aromatic heterocycles. The highest BCUT2D eigenvalue weighted by molar-refractivity contribution is 7.71. The number of nitrogens with one attached hydrogen (secondary N) is 2. The van der Waals surface area contributed by atoms with E-state index in [1.165, 1.54) is 0 Å². The van der Waals surface area contributed by atoms with Crippen molar-refractivity contribution >= 4 is 18.1 Å². The summed E-state index contributed by atoms with van der Waals surface area (Å²) < 4.78 is 7.86. The molecule has 146 valence electrons. The predicted octanol–water partition coefficient (Wildman–Crippen LogP) is 2.70. The Morgan fingerprint density at radius 1 is 1.29 bits per heavy atom. The van der Waals surface area contributed by atoms with Crippen molar-refractivity contribution < 1.29 is 9.53 Å². The van der Waals surface area contributed by atoms with Gasteiger partial charge in [-0.2, -0.15) is 10.2 Å². The summed E-state index contributed by atoms with van der Waals surface area (Å²) in [6, 6.07) is 7.70. The Morgan fingerprint density at radius 3 is 2.89 bits per heavy atom.